The molecule has 0 spiro atoms. The summed E-state index contributed by atoms with van der Waals surface area (Å²) in [4.78, 5) is 13.3. The van der Waals surface area contributed by atoms with E-state index < -0.39 is 0 Å². The van der Waals surface area contributed by atoms with E-state index in [0.29, 0.717) is 5.78 Å². The molecule has 3 nitrogen and oxygen atoms in total. The van der Waals surface area contributed by atoms with Gasteiger partial charge in [-0.25, -0.2) is 0 Å². The maximum absolute atomic E-state index is 11.0. The van der Waals surface area contributed by atoms with Crippen LogP contribution in [0.3, 0.4) is 0 Å². The lowest BCUT2D eigenvalue weighted by molar-refractivity contribution is -0.121. The Morgan fingerprint density at radius 2 is 1.42 bits per heavy atom. The first-order valence-electron chi connectivity index (χ1n) is 7.88. The highest BCUT2D eigenvalue weighted by Crippen LogP contribution is 2.11. The molecule has 1 N–H and O–H groups in total. The first kappa shape index (κ1) is 23.7. The van der Waals surface area contributed by atoms with Crippen molar-refractivity contribution in [3.63, 3.8) is 0 Å². The molecule has 1 unspecified atom stereocenters. The van der Waals surface area contributed by atoms with Crippen molar-refractivity contribution in [2.75, 3.05) is 27.2 Å². The number of carbonyl (C=O) groups is 1. The molecule has 118 valence electrons. The topological polar surface area (TPSA) is 32.3 Å². The summed E-state index contributed by atoms with van der Waals surface area (Å²) < 4.78 is 0. The summed E-state index contributed by atoms with van der Waals surface area (Å²) in [5.74, 6) is 0.298. The number of Topliss-reactive ketones (excluding diaryl/α,β-unsaturated/α-hetero) is 1. The van der Waals surface area contributed by atoms with Crippen molar-refractivity contribution in [1.82, 2.24) is 10.2 Å². The Morgan fingerprint density at radius 3 is 1.68 bits per heavy atom. The molecule has 0 radical (unpaired) electrons. The zero-order valence-electron chi connectivity index (χ0n) is 14.7. The number of carbonyl (C=O) groups excluding carboxylic acids is 1. The van der Waals surface area contributed by atoms with Crippen LogP contribution < -0.4 is 5.32 Å². The van der Waals surface area contributed by atoms with Gasteiger partial charge in [-0.1, -0.05) is 40.5 Å². The Labute approximate surface area is 122 Å². The molecule has 19 heavy (non-hydrogen) atoms. The molecule has 0 aliphatic carbocycles. The van der Waals surface area contributed by atoms with Crippen molar-refractivity contribution < 1.29 is 4.79 Å². The summed E-state index contributed by atoms with van der Waals surface area (Å²) in [6.07, 6.45) is 5.11. The maximum Gasteiger partial charge on any atom is 0.146 e. The number of nitrogens with zero attached hydrogens (tertiary/aromatic N) is 1. The van der Waals surface area contributed by atoms with E-state index in [-0.39, 0.29) is 6.04 Å². The van der Waals surface area contributed by atoms with E-state index in [2.05, 4.69) is 24.1 Å². The molecule has 1 aliphatic rings. The number of ketones is 1. The van der Waals surface area contributed by atoms with Gasteiger partial charge in [0.1, 0.15) is 5.78 Å². The Kier molecular flexibility index (Phi) is 24.8. The number of hydrogen-bond donors (Lipinski definition) is 1. The van der Waals surface area contributed by atoms with Crippen LogP contribution in [0.15, 0.2) is 0 Å². The number of piperidine rings is 1. The van der Waals surface area contributed by atoms with Gasteiger partial charge in [-0.05, 0) is 53.9 Å². The molecule has 0 bridgehead atoms. The largest absolute Gasteiger partial charge is 0.323 e. The lowest BCUT2D eigenvalue weighted by Gasteiger charge is -2.30. The van der Waals surface area contributed by atoms with Crippen LogP contribution in [0.5, 0.6) is 0 Å². The van der Waals surface area contributed by atoms with E-state index >= 15 is 0 Å². The highest BCUT2D eigenvalue weighted by atomic mass is 16.1. The summed E-state index contributed by atoms with van der Waals surface area (Å²) in [7, 11) is 3.75. The highest BCUT2D eigenvalue weighted by Gasteiger charge is 2.19. The van der Waals surface area contributed by atoms with Gasteiger partial charge < -0.3 is 5.32 Å². The van der Waals surface area contributed by atoms with Gasteiger partial charge in [0.15, 0.2) is 0 Å². The van der Waals surface area contributed by atoms with E-state index in [0.717, 1.165) is 13.1 Å². The maximum atomic E-state index is 11.0. The molecule has 1 saturated heterocycles. The third-order valence-corrected chi connectivity index (χ3v) is 2.53. The second kappa shape index (κ2) is 19.9. The average Bonchev–Trinajstić information content (AvgIpc) is 2.43. The Balaban J connectivity index is -0.000000269. The molecular formula is C16H38N2O. The SMILES string of the molecule is CC.CC(=O)C(C)N1CCCCC1.CCC.CNC. The van der Waals surface area contributed by atoms with Crippen LogP contribution in [-0.4, -0.2) is 43.9 Å². The van der Waals surface area contributed by atoms with E-state index in [4.69, 9.17) is 0 Å². The van der Waals surface area contributed by atoms with Gasteiger partial charge in [0.2, 0.25) is 0 Å². The minimum absolute atomic E-state index is 0.148. The minimum atomic E-state index is 0.148. The number of rotatable bonds is 2. The monoisotopic (exact) mass is 274 g/mol. The van der Waals surface area contributed by atoms with Gasteiger partial charge in [0.05, 0.1) is 6.04 Å². The van der Waals surface area contributed by atoms with Gasteiger partial charge in [-0.3, -0.25) is 9.69 Å². The predicted octanol–water partition coefficient (Wildman–Crippen LogP) is 3.73. The molecule has 0 aromatic carbocycles. The van der Waals surface area contributed by atoms with Crippen molar-refractivity contribution in [3.05, 3.63) is 0 Å². The van der Waals surface area contributed by atoms with Crippen LogP contribution in [0.1, 0.15) is 67.2 Å². The van der Waals surface area contributed by atoms with E-state index in [1.165, 1.54) is 25.7 Å². The summed E-state index contributed by atoms with van der Waals surface area (Å²) in [6.45, 7) is 14.2. The van der Waals surface area contributed by atoms with E-state index in [1.807, 2.05) is 34.9 Å². The molecule has 1 rings (SSSR count). The molecule has 1 atom stereocenters. The normalized spacial score (nSPS) is 15.6. The van der Waals surface area contributed by atoms with Crippen LogP contribution in [0, 0.1) is 0 Å². The minimum Gasteiger partial charge on any atom is -0.323 e. The molecule has 0 aromatic heterocycles. The second-order valence-corrected chi connectivity index (χ2v) is 4.59. The summed E-state index contributed by atoms with van der Waals surface area (Å²) in [6, 6.07) is 0.148. The first-order valence-corrected chi connectivity index (χ1v) is 7.88. The average molecular weight is 274 g/mol. The molecular weight excluding hydrogens is 236 g/mol. The molecule has 3 heteroatoms. The summed E-state index contributed by atoms with van der Waals surface area (Å²) in [5.41, 5.74) is 0. The first-order chi connectivity index (χ1) is 9.04. The molecule has 0 aromatic rings. The molecule has 1 heterocycles. The number of hydrogen-bond acceptors (Lipinski definition) is 3. The van der Waals surface area contributed by atoms with Crippen molar-refractivity contribution in [2.24, 2.45) is 0 Å². The fraction of sp³-hybridized carbons (Fsp3) is 0.938. The lowest BCUT2D eigenvalue weighted by atomic mass is 10.1. The molecule has 0 saturated carbocycles. The van der Waals surface area contributed by atoms with Crippen LogP contribution in [-0.2, 0) is 4.79 Å². The fourth-order valence-corrected chi connectivity index (χ4v) is 1.56. The number of nitrogens with one attached hydrogen (secondary N) is 1. The molecule has 1 aliphatic heterocycles. The standard InChI is InChI=1S/C9H17NO.C3H8.C2H7N.C2H6/c1-8(9(2)11)10-6-4-3-5-7-10;2*1-3-2;1-2/h8H,3-7H2,1-2H3;3H2,1-2H3;3H,1-2H3;1-2H3. The van der Waals surface area contributed by atoms with Gasteiger partial charge >= 0.3 is 0 Å². The fourth-order valence-electron chi connectivity index (χ4n) is 1.56. The molecule has 1 fully saturated rings. The third kappa shape index (κ3) is 17.6. The third-order valence-electron chi connectivity index (χ3n) is 2.53. The van der Waals surface area contributed by atoms with Crippen LogP contribution in [0.25, 0.3) is 0 Å². The van der Waals surface area contributed by atoms with Gasteiger partial charge in [0, 0.05) is 0 Å². The van der Waals surface area contributed by atoms with Crippen LogP contribution >= 0.6 is 0 Å². The van der Waals surface area contributed by atoms with Crippen molar-refractivity contribution in [1.29, 1.82) is 0 Å². The zero-order chi connectivity index (χ0) is 15.7. The highest BCUT2D eigenvalue weighted by molar-refractivity contribution is 5.80. The Hall–Kier alpha value is -0.410. The lowest BCUT2D eigenvalue weighted by Crippen LogP contribution is -2.41. The summed E-state index contributed by atoms with van der Waals surface area (Å²) >= 11 is 0. The van der Waals surface area contributed by atoms with Gasteiger partial charge in [-0.15, -0.1) is 0 Å². The second-order valence-electron chi connectivity index (χ2n) is 4.59. The zero-order valence-corrected chi connectivity index (χ0v) is 14.7. The molecule has 0 amide bonds. The van der Waals surface area contributed by atoms with Crippen molar-refractivity contribution >= 4 is 5.78 Å². The predicted molar refractivity (Wildman–Crippen MR) is 87.9 cm³/mol. The van der Waals surface area contributed by atoms with Gasteiger partial charge in [-0.2, -0.15) is 0 Å². The quantitative estimate of drug-likeness (QED) is 0.833. The van der Waals surface area contributed by atoms with Crippen LogP contribution in [0.4, 0.5) is 0 Å². The Morgan fingerprint density at radius 1 is 1.11 bits per heavy atom. The van der Waals surface area contributed by atoms with Gasteiger partial charge in [0.25, 0.3) is 0 Å². The smallest absolute Gasteiger partial charge is 0.146 e. The Bertz CT molecular complexity index is 164. The number of likely N-dealkylation sites (tertiary alicyclic amines) is 1. The van der Waals surface area contributed by atoms with E-state index in [1.54, 1.807) is 6.92 Å². The van der Waals surface area contributed by atoms with Crippen molar-refractivity contribution in [3.8, 4) is 0 Å². The van der Waals surface area contributed by atoms with E-state index in [9.17, 15) is 4.79 Å². The van der Waals surface area contributed by atoms with Crippen molar-refractivity contribution in [2.45, 2.75) is 73.3 Å². The van der Waals surface area contributed by atoms with Crippen LogP contribution in [0.2, 0.25) is 0 Å². The summed E-state index contributed by atoms with van der Waals surface area (Å²) in [5, 5.41) is 2.75.